The maximum atomic E-state index is 13.1. The van der Waals surface area contributed by atoms with Crippen molar-refractivity contribution in [2.45, 2.75) is 25.4 Å². The Hall–Kier alpha value is -2.78. The van der Waals surface area contributed by atoms with Gasteiger partial charge in [-0.3, -0.25) is 14.5 Å². The number of anilines is 2. The number of likely N-dealkylation sites (N-methyl/N-ethyl adjacent to an activating group) is 1. The molecule has 0 saturated carbocycles. The van der Waals surface area contributed by atoms with Gasteiger partial charge in [0.1, 0.15) is 13.1 Å². The number of urea groups is 1. The molecule has 0 spiro atoms. The predicted octanol–water partition coefficient (Wildman–Crippen LogP) is 2.53. The minimum absolute atomic E-state index is 0.0224. The largest absolute Gasteiger partial charge is 0.416 e. The van der Waals surface area contributed by atoms with Gasteiger partial charge in [-0.05, 0) is 37.5 Å². The number of alkyl halides is 3. The van der Waals surface area contributed by atoms with E-state index in [0.29, 0.717) is 18.8 Å². The number of piperidine rings is 1. The summed E-state index contributed by atoms with van der Waals surface area (Å²) >= 11 is 0. The van der Waals surface area contributed by atoms with Gasteiger partial charge in [0, 0.05) is 20.1 Å². The lowest BCUT2D eigenvalue weighted by Gasteiger charge is -2.31. The number of rotatable bonds is 4. The molecule has 2 aliphatic rings. The van der Waals surface area contributed by atoms with Crippen LogP contribution in [0.15, 0.2) is 18.2 Å². The molecule has 28 heavy (non-hydrogen) atoms. The fourth-order valence-corrected chi connectivity index (χ4v) is 3.38. The van der Waals surface area contributed by atoms with Crippen LogP contribution >= 0.6 is 0 Å². The molecular formula is C18H21F3N4O3. The van der Waals surface area contributed by atoms with Crippen LogP contribution in [0.3, 0.4) is 0 Å². The fourth-order valence-electron chi connectivity index (χ4n) is 3.38. The zero-order valence-electron chi connectivity index (χ0n) is 15.4. The molecule has 2 fully saturated rings. The average molecular weight is 398 g/mol. The molecule has 3 rings (SSSR count). The third kappa shape index (κ3) is 4.20. The summed E-state index contributed by atoms with van der Waals surface area (Å²) in [4.78, 5) is 40.0. The van der Waals surface area contributed by atoms with Gasteiger partial charge in [-0.2, -0.15) is 13.2 Å². The second-order valence-electron chi connectivity index (χ2n) is 6.94. The molecule has 1 N–H and O–H groups in total. The number of hydrogen-bond donors (Lipinski definition) is 1. The van der Waals surface area contributed by atoms with Crippen LogP contribution in [-0.2, 0) is 15.8 Å². The van der Waals surface area contributed by atoms with Crippen molar-refractivity contribution < 1.29 is 27.6 Å². The van der Waals surface area contributed by atoms with Crippen LogP contribution in [0, 0.1) is 0 Å². The van der Waals surface area contributed by atoms with Crippen molar-refractivity contribution in [1.29, 1.82) is 0 Å². The summed E-state index contributed by atoms with van der Waals surface area (Å²) in [6.07, 6.45) is -1.68. The Bertz CT molecular complexity index is 791. The minimum atomic E-state index is -4.55. The van der Waals surface area contributed by atoms with Crippen LogP contribution in [0.1, 0.15) is 24.8 Å². The number of amides is 4. The lowest BCUT2D eigenvalue weighted by Crippen LogP contribution is -2.38. The third-order valence-electron chi connectivity index (χ3n) is 4.83. The first-order valence-electron chi connectivity index (χ1n) is 8.98. The first-order chi connectivity index (χ1) is 13.2. The fraction of sp³-hybridized carbons (Fsp3) is 0.500. The van der Waals surface area contributed by atoms with E-state index in [9.17, 15) is 27.6 Å². The molecule has 0 aliphatic carbocycles. The number of benzene rings is 1. The highest BCUT2D eigenvalue weighted by atomic mass is 19.4. The Labute approximate surface area is 160 Å². The van der Waals surface area contributed by atoms with Crippen molar-refractivity contribution in [1.82, 2.24) is 9.80 Å². The number of nitrogens with zero attached hydrogens (tertiary/aromatic N) is 3. The second kappa shape index (κ2) is 7.69. The van der Waals surface area contributed by atoms with Gasteiger partial charge in [0.05, 0.1) is 16.9 Å². The zero-order valence-corrected chi connectivity index (χ0v) is 15.4. The summed E-state index contributed by atoms with van der Waals surface area (Å²) in [6, 6.07) is 2.62. The van der Waals surface area contributed by atoms with E-state index in [0.717, 1.165) is 36.3 Å². The topological polar surface area (TPSA) is 73.0 Å². The maximum absolute atomic E-state index is 13.1. The number of nitrogens with one attached hydrogen (secondary N) is 1. The van der Waals surface area contributed by atoms with E-state index >= 15 is 0 Å². The molecule has 1 aromatic carbocycles. The molecular weight excluding hydrogens is 377 g/mol. The summed E-state index contributed by atoms with van der Waals surface area (Å²) < 4.78 is 39.4. The molecule has 0 atom stereocenters. The van der Waals surface area contributed by atoms with Crippen LogP contribution in [0.2, 0.25) is 0 Å². The van der Waals surface area contributed by atoms with Crippen molar-refractivity contribution in [3.8, 4) is 0 Å². The van der Waals surface area contributed by atoms with Gasteiger partial charge in [0.25, 0.3) is 5.91 Å². The van der Waals surface area contributed by atoms with Gasteiger partial charge in [-0.1, -0.05) is 0 Å². The lowest BCUT2D eigenvalue weighted by molar-refractivity contribution is -0.137. The highest BCUT2D eigenvalue weighted by Crippen LogP contribution is 2.36. The SMILES string of the molecule is CN1CC(=O)N(CC(=O)Nc2cc(C(F)(F)F)ccc2N2CCCCC2)C1=O. The number of halogens is 3. The summed E-state index contributed by atoms with van der Waals surface area (Å²) in [5.74, 6) is -1.25. The standard InChI is InChI=1S/C18H21F3N4O3/c1-23-11-16(27)25(17(23)28)10-15(26)22-13-9-12(18(19,20)21)5-6-14(13)24-7-3-2-4-8-24/h5-6,9H,2-4,7-8,10-11H2,1H3,(H,22,26). The molecule has 10 heteroatoms. The van der Waals surface area contributed by atoms with Gasteiger partial charge in [0.2, 0.25) is 5.91 Å². The van der Waals surface area contributed by atoms with Crippen LogP contribution in [0.4, 0.5) is 29.3 Å². The Kier molecular flexibility index (Phi) is 5.48. The summed E-state index contributed by atoms with van der Waals surface area (Å²) in [7, 11) is 1.43. The normalized spacial score (nSPS) is 18.1. The van der Waals surface area contributed by atoms with E-state index in [-0.39, 0.29) is 12.2 Å². The highest BCUT2D eigenvalue weighted by Gasteiger charge is 2.35. The second-order valence-corrected chi connectivity index (χ2v) is 6.94. The van der Waals surface area contributed by atoms with Gasteiger partial charge in [0.15, 0.2) is 0 Å². The molecule has 4 amide bonds. The van der Waals surface area contributed by atoms with Gasteiger partial charge >= 0.3 is 12.2 Å². The van der Waals surface area contributed by atoms with Crippen molar-refractivity contribution in [3.63, 3.8) is 0 Å². The molecule has 1 aromatic rings. The Morgan fingerprint density at radius 1 is 1.14 bits per heavy atom. The molecule has 2 aliphatic heterocycles. The number of hydrogen-bond acceptors (Lipinski definition) is 4. The molecule has 2 saturated heterocycles. The lowest BCUT2D eigenvalue weighted by atomic mass is 10.1. The Morgan fingerprint density at radius 3 is 2.39 bits per heavy atom. The third-order valence-corrected chi connectivity index (χ3v) is 4.83. The maximum Gasteiger partial charge on any atom is 0.416 e. The van der Waals surface area contributed by atoms with Gasteiger partial charge in [-0.25, -0.2) is 4.79 Å². The predicted molar refractivity (Wildman–Crippen MR) is 95.9 cm³/mol. The minimum Gasteiger partial charge on any atom is -0.370 e. The van der Waals surface area contributed by atoms with Crippen LogP contribution in [0.5, 0.6) is 0 Å². The molecule has 0 radical (unpaired) electrons. The summed E-state index contributed by atoms with van der Waals surface area (Å²) in [6.45, 7) is 0.691. The summed E-state index contributed by atoms with van der Waals surface area (Å²) in [5, 5.41) is 2.46. The Morgan fingerprint density at radius 2 is 1.82 bits per heavy atom. The van der Waals surface area contributed by atoms with Crippen molar-refractivity contribution in [2.75, 3.05) is 43.4 Å². The van der Waals surface area contributed by atoms with E-state index in [4.69, 9.17) is 0 Å². The Balaban J connectivity index is 1.82. The average Bonchev–Trinajstić information content (AvgIpc) is 2.88. The first kappa shape index (κ1) is 20.0. The molecule has 2 heterocycles. The molecule has 7 nitrogen and oxygen atoms in total. The van der Waals surface area contributed by atoms with Crippen LogP contribution in [0.25, 0.3) is 0 Å². The zero-order chi connectivity index (χ0) is 20.5. The molecule has 152 valence electrons. The highest BCUT2D eigenvalue weighted by molar-refractivity contribution is 6.06. The van der Waals surface area contributed by atoms with E-state index in [1.54, 1.807) is 0 Å². The van der Waals surface area contributed by atoms with Crippen LogP contribution in [-0.4, -0.2) is 60.9 Å². The van der Waals surface area contributed by atoms with E-state index in [1.165, 1.54) is 18.0 Å². The number of carbonyl (C=O) groups is 3. The van der Waals surface area contributed by atoms with Crippen molar-refractivity contribution in [2.24, 2.45) is 0 Å². The van der Waals surface area contributed by atoms with Crippen molar-refractivity contribution in [3.05, 3.63) is 23.8 Å². The smallest absolute Gasteiger partial charge is 0.370 e. The first-order valence-corrected chi connectivity index (χ1v) is 8.98. The van der Waals surface area contributed by atoms with E-state index in [2.05, 4.69) is 5.32 Å². The van der Waals surface area contributed by atoms with Crippen molar-refractivity contribution >= 4 is 29.2 Å². The number of carbonyl (C=O) groups excluding carboxylic acids is 3. The van der Waals surface area contributed by atoms with E-state index in [1.807, 2.05) is 4.90 Å². The monoisotopic (exact) mass is 398 g/mol. The molecule has 0 unspecified atom stereocenters. The molecule has 0 aromatic heterocycles. The molecule has 0 bridgehead atoms. The summed E-state index contributed by atoms with van der Waals surface area (Å²) in [5.41, 5.74) is -0.358. The number of imide groups is 1. The van der Waals surface area contributed by atoms with E-state index < -0.39 is 36.1 Å². The van der Waals surface area contributed by atoms with Gasteiger partial charge < -0.3 is 15.1 Å². The van der Waals surface area contributed by atoms with Gasteiger partial charge in [-0.15, -0.1) is 0 Å². The van der Waals surface area contributed by atoms with Crippen LogP contribution < -0.4 is 10.2 Å². The quantitative estimate of drug-likeness (QED) is 0.792.